The largest absolute Gasteiger partial charge is 0.395 e. The third-order valence-electron chi connectivity index (χ3n) is 7.08. The number of hydrogen-bond donors (Lipinski definition) is 1. The third kappa shape index (κ3) is 8.07. The van der Waals surface area contributed by atoms with Crippen LogP contribution in [0.1, 0.15) is 124 Å². The fraction of sp³-hybridized carbons (Fsp3) is 1.00. The first-order chi connectivity index (χ1) is 14.5. The minimum Gasteiger partial charge on any atom is -0.395 e. The molecule has 2 rings (SSSR count). The quantitative estimate of drug-likeness (QED) is 0.272. The molecule has 2 fully saturated rings. The zero-order valence-corrected chi connectivity index (χ0v) is 20.5. The van der Waals surface area contributed by atoms with E-state index >= 15 is 0 Å². The summed E-state index contributed by atoms with van der Waals surface area (Å²) in [5.41, 5.74) is 0. The van der Waals surface area contributed by atoms with Crippen molar-refractivity contribution in [3.63, 3.8) is 0 Å². The Hall–Kier alpha value is -0.160. The van der Waals surface area contributed by atoms with Gasteiger partial charge in [-0.25, -0.2) is 0 Å². The highest BCUT2D eigenvalue weighted by atomic mass is 16.8. The van der Waals surface area contributed by atoms with Gasteiger partial charge in [-0.2, -0.15) is 0 Å². The van der Waals surface area contributed by atoms with Gasteiger partial charge in [-0.3, -0.25) is 4.90 Å². The lowest BCUT2D eigenvalue weighted by Crippen LogP contribution is -2.45. The third-order valence-corrected chi connectivity index (χ3v) is 7.08. The number of nitrogens with zero attached hydrogens (tertiary/aromatic N) is 1. The summed E-state index contributed by atoms with van der Waals surface area (Å²) in [5, 5.41) is 10.2. The normalized spacial score (nSPS) is 28.3. The molecule has 0 spiro atoms. The Labute approximate surface area is 187 Å². The average molecular weight is 426 g/mol. The van der Waals surface area contributed by atoms with Gasteiger partial charge in [0, 0.05) is 6.04 Å². The van der Waals surface area contributed by atoms with E-state index in [1.165, 1.54) is 96.3 Å². The number of hydrogen-bond acceptors (Lipinski definition) is 4. The first-order valence-corrected chi connectivity index (χ1v) is 13.3. The van der Waals surface area contributed by atoms with Crippen molar-refractivity contribution in [3.8, 4) is 0 Å². The van der Waals surface area contributed by atoms with Crippen molar-refractivity contribution in [2.45, 2.75) is 154 Å². The summed E-state index contributed by atoms with van der Waals surface area (Å²) >= 11 is 0. The van der Waals surface area contributed by atoms with Gasteiger partial charge in [0.05, 0.1) is 12.6 Å². The van der Waals surface area contributed by atoms with Gasteiger partial charge >= 0.3 is 0 Å². The highest BCUT2D eigenvalue weighted by molar-refractivity contribution is 5.05. The molecule has 2 aliphatic rings. The van der Waals surface area contributed by atoms with Crippen LogP contribution >= 0.6 is 0 Å². The van der Waals surface area contributed by atoms with E-state index in [2.05, 4.69) is 18.7 Å². The molecule has 30 heavy (non-hydrogen) atoms. The zero-order valence-electron chi connectivity index (χ0n) is 20.5. The summed E-state index contributed by atoms with van der Waals surface area (Å²) < 4.78 is 12.6. The molecule has 0 amide bonds. The smallest absolute Gasteiger partial charge is 0.163 e. The lowest BCUT2D eigenvalue weighted by atomic mass is 10.0. The molecule has 4 nitrogen and oxygen atoms in total. The minimum absolute atomic E-state index is 0.0177. The average Bonchev–Trinajstić information content (AvgIpc) is 3.16. The first-order valence-electron chi connectivity index (χ1n) is 13.3. The molecule has 0 bridgehead atoms. The minimum atomic E-state index is -0.521. The Morgan fingerprint density at radius 1 is 0.667 bits per heavy atom. The van der Waals surface area contributed by atoms with E-state index < -0.39 is 5.79 Å². The Morgan fingerprint density at radius 3 is 1.67 bits per heavy atom. The standard InChI is InChI=1S/C26H51NO3/c1-5-7-9-11-13-15-17-19-22-24-25(30-26(3,4)29-24)23(21-28)27(22)20-18-16-14-12-10-8-6-2/h22-25,28H,5-21H2,1-4H3/t22-,23-,24+,25-/m1/s1. The molecule has 0 saturated carbocycles. The number of rotatable bonds is 17. The molecule has 2 heterocycles. The van der Waals surface area contributed by atoms with Crippen LogP contribution in [0.3, 0.4) is 0 Å². The van der Waals surface area contributed by atoms with Gasteiger partial charge in [0.1, 0.15) is 12.2 Å². The Kier molecular flexibility index (Phi) is 12.2. The van der Waals surface area contributed by atoms with E-state index in [1.807, 2.05) is 13.8 Å². The molecule has 4 atom stereocenters. The maximum atomic E-state index is 10.2. The van der Waals surface area contributed by atoms with Gasteiger partial charge in [0.15, 0.2) is 5.79 Å². The summed E-state index contributed by atoms with van der Waals surface area (Å²) in [6.07, 6.45) is 19.9. The maximum absolute atomic E-state index is 10.2. The number of ether oxygens (including phenoxy) is 2. The van der Waals surface area contributed by atoms with Gasteiger partial charge in [0.25, 0.3) is 0 Å². The van der Waals surface area contributed by atoms with Crippen molar-refractivity contribution in [2.75, 3.05) is 13.2 Å². The summed E-state index contributed by atoms with van der Waals surface area (Å²) in [5.74, 6) is -0.521. The number of fused-ring (bicyclic) bond motifs is 1. The molecule has 0 aliphatic carbocycles. The first kappa shape index (κ1) is 26.1. The highest BCUT2D eigenvalue weighted by Crippen LogP contribution is 2.42. The SMILES string of the molecule is CCCCCCCCC[C@@H]1[C@@H]2OC(C)(C)O[C@@H]2[C@@H](CO)N1CCCCCCCCC. The van der Waals surface area contributed by atoms with Crippen LogP contribution in [0.4, 0.5) is 0 Å². The summed E-state index contributed by atoms with van der Waals surface area (Å²) in [6, 6.07) is 0.482. The second-order valence-electron chi connectivity index (χ2n) is 10.2. The molecule has 4 heteroatoms. The van der Waals surface area contributed by atoms with Crippen molar-refractivity contribution in [2.24, 2.45) is 0 Å². The van der Waals surface area contributed by atoms with Crippen LogP contribution in [0.5, 0.6) is 0 Å². The molecular formula is C26H51NO3. The van der Waals surface area contributed by atoms with Crippen LogP contribution in [0.15, 0.2) is 0 Å². The second kappa shape index (κ2) is 14.1. The molecule has 0 aromatic heterocycles. The molecule has 2 saturated heterocycles. The van der Waals surface area contributed by atoms with Crippen molar-refractivity contribution < 1.29 is 14.6 Å². The van der Waals surface area contributed by atoms with E-state index in [4.69, 9.17) is 9.47 Å². The highest BCUT2D eigenvalue weighted by Gasteiger charge is 2.56. The maximum Gasteiger partial charge on any atom is 0.163 e. The zero-order chi connectivity index (χ0) is 21.8. The number of aliphatic hydroxyl groups excluding tert-OH is 1. The summed E-state index contributed by atoms with van der Waals surface area (Å²) in [4.78, 5) is 2.55. The number of unbranched alkanes of at least 4 members (excludes halogenated alkanes) is 12. The molecule has 0 aromatic carbocycles. The Morgan fingerprint density at radius 2 is 1.13 bits per heavy atom. The lowest BCUT2D eigenvalue weighted by molar-refractivity contribution is -0.170. The molecule has 1 N–H and O–H groups in total. The van der Waals surface area contributed by atoms with Gasteiger partial charge in [0.2, 0.25) is 0 Å². The van der Waals surface area contributed by atoms with Gasteiger partial charge in [-0.1, -0.05) is 97.3 Å². The molecule has 2 aliphatic heterocycles. The number of likely N-dealkylation sites (tertiary alicyclic amines) is 1. The van der Waals surface area contributed by atoms with Gasteiger partial charge in [-0.05, 0) is 33.2 Å². The second-order valence-corrected chi connectivity index (χ2v) is 10.2. The Bertz CT molecular complexity index is 442. The lowest BCUT2D eigenvalue weighted by Gasteiger charge is -2.33. The molecule has 0 radical (unpaired) electrons. The van der Waals surface area contributed by atoms with E-state index in [0.717, 1.165) is 6.54 Å². The molecule has 0 aromatic rings. The van der Waals surface area contributed by atoms with Crippen LogP contribution in [-0.2, 0) is 9.47 Å². The van der Waals surface area contributed by atoms with E-state index in [9.17, 15) is 5.11 Å². The molecular weight excluding hydrogens is 374 g/mol. The van der Waals surface area contributed by atoms with Crippen LogP contribution in [-0.4, -0.2) is 53.2 Å². The van der Waals surface area contributed by atoms with Crippen LogP contribution in [0.2, 0.25) is 0 Å². The molecule has 178 valence electrons. The van der Waals surface area contributed by atoms with Crippen molar-refractivity contribution in [1.29, 1.82) is 0 Å². The van der Waals surface area contributed by atoms with Gasteiger partial charge in [-0.15, -0.1) is 0 Å². The van der Waals surface area contributed by atoms with Crippen molar-refractivity contribution >= 4 is 0 Å². The van der Waals surface area contributed by atoms with E-state index in [-0.39, 0.29) is 24.9 Å². The van der Waals surface area contributed by atoms with Crippen molar-refractivity contribution in [1.82, 2.24) is 4.90 Å². The fourth-order valence-corrected chi connectivity index (χ4v) is 5.47. The van der Waals surface area contributed by atoms with Crippen LogP contribution in [0, 0.1) is 0 Å². The fourth-order valence-electron chi connectivity index (χ4n) is 5.47. The van der Waals surface area contributed by atoms with E-state index in [0.29, 0.717) is 6.04 Å². The van der Waals surface area contributed by atoms with Crippen LogP contribution < -0.4 is 0 Å². The topological polar surface area (TPSA) is 41.9 Å². The Balaban J connectivity index is 1.83. The number of aliphatic hydroxyl groups is 1. The predicted molar refractivity (Wildman–Crippen MR) is 126 cm³/mol. The van der Waals surface area contributed by atoms with Crippen LogP contribution in [0.25, 0.3) is 0 Å². The van der Waals surface area contributed by atoms with E-state index in [1.54, 1.807) is 0 Å². The monoisotopic (exact) mass is 425 g/mol. The van der Waals surface area contributed by atoms with Crippen molar-refractivity contribution in [3.05, 3.63) is 0 Å². The molecule has 0 unspecified atom stereocenters. The summed E-state index contributed by atoms with van der Waals surface area (Å²) in [7, 11) is 0. The predicted octanol–water partition coefficient (Wildman–Crippen LogP) is 6.44. The summed E-state index contributed by atoms with van der Waals surface area (Å²) in [6.45, 7) is 9.83. The van der Waals surface area contributed by atoms with Gasteiger partial charge < -0.3 is 14.6 Å².